The lowest BCUT2D eigenvalue weighted by atomic mass is 9.93. The predicted molar refractivity (Wildman–Crippen MR) is 64.0 cm³/mol. The topological polar surface area (TPSA) is 20.3 Å². The van der Waals surface area contributed by atoms with Gasteiger partial charge in [-0.15, -0.1) is 0 Å². The van der Waals surface area contributed by atoms with Gasteiger partial charge >= 0.3 is 0 Å². The monoisotopic (exact) mass is 211 g/mol. The van der Waals surface area contributed by atoms with Crippen LogP contribution in [0.5, 0.6) is 0 Å². The van der Waals surface area contributed by atoms with Crippen molar-refractivity contribution in [1.29, 1.82) is 0 Å². The molecule has 1 rings (SSSR count). The predicted octanol–water partition coefficient (Wildman–Crippen LogP) is 3.01. The SMILES string of the molecule is CCCCN(CCC)C1CCC(=O)CC1. The Labute approximate surface area is 94.0 Å². The number of ketones is 1. The third kappa shape index (κ3) is 4.33. The number of carbonyl (C=O) groups excluding carboxylic acids is 1. The molecule has 0 heterocycles. The molecule has 1 aliphatic rings. The van der Waals surface area contributed by atoms with Crippen LogP contribution in [0.2, 0.25) is 0 Å². The quantitative estimate of drug-likeness (QED) is 0.673. The van der Waals surface area contributed by atoms with Crippen LogP contribution in [0.4, 0.5) is 0 Å². The molecular formula is C13H25NO. The van der Waals surface area contributed by atoms with E-state index in [4.69, 9.17) is 0 Å². The van der Waals surface area contributed by atoms with Crippen molar-refractivity contribution in [1.82, 2.24) is 4.90 Å². The van der Waals surface area contributed by atoms with Gasteiger partial charge in [-0.25, -0.2) is 0 Å². The summed E-state index contributed by atoms with van der Waals surface area (Å²) in [5.41, 5.74) is 0. The summed E-state index contributed by atoms with van der Waals surface area (Å²) in [6.45, 7) is 6.92. The molecule has 1 saturated carbocycles. The van der Waals surface area contributed by atoms with Crippen molar-refractivity contribution in [3.8, 4) is 0 Å². The van der Waals surface area contributed by atoms with E-state index < -0.39 is 0 Å². The minimum atomic E-state index is 0.471. The van der Waals surface area contributed by atoms with Crippen LogP contribution in [0.25, 0.3) is 0 Å². The van der Waals surface area contributed by atoms with Gasteiger partial charge in [0, 0.05) is 18.9 Å². The van der Waals surface area contributed by atoms with E-state index in [1.54, 1.807) is 0 Å². The van der Waals surface area contributed by atoms with Gasteiger partial charge in [-0.1, -0.05) is 20.3 Å². The molecule has 2 nitrogen and oxygen atoms in total. The summed E-state index contributed by atoms with van der Waals surface area (Å²) in [6, 6.07) is 0.689. The lowest BCUT2D eigenvalue weighted by molar-refractivity contribution is -0.121. The van der Waals surface area contributed by atoms with Crippen LogP contribution < -0.4 is 0 Å². The van der Waals surface area contributed by atoms with Crippen molar-refractivity contribution >= 4 is 5.78 Å². The average Bonchev–Trinajstić information content (AvgIpc) is 2.25. The molecule has 0 atom stereocenters. The van der Waals surface area contributed by atoms with Gasteiger partial charge in [-0.05, 0) is 38.8 Å². The van der Waals surface area contributed by atoms with Gasteiger partial charge in [0.2, 0.25) is 0 Å². The molecule has 0 unspecified atom stereocenters. The standard InChI is InChI=1S/C13H25NO/c1-3-5-11-14(10-4-2)12-6-8-13(15)9-7-12/h12H,3-11H2,1-2H3. The van der Waals surface area contributed by atoms with E-state index in [9.17, 15) is 4.79 Å². The summed E-state index contributed by atoms with van der Waals surface area (Å²) in [4.78, 5) is 13.8. The molecule has 0 saturated heterocycles. The number of hydrogen-bond donors (Lipinski definition) is 0. The van der Waals surface area contributed by atoms with Gasteiger partial charge < -0.3 is 4.90 Å². The molecule has 0 aromatic rings. The number of Topliss-reactive ketones (excluding diaryl/α,β-unsaturated/α-hetero) is 1. The Balaban J connectivity index is 2.36. The van der Waals surface area contributed by atoms with E-state index in [1.807, 2.05) is 0 Å². The summed E-state index contributed by atoms with van der Waals surface area (Å²) >= 11 is 0. The van der Waals surface area contributed by atoms with Gasteiger partial charge in [-0.3, -0.25) is 4.79 Å². The molecular weight excluding hydrogens is 186 g/mol. The Morgan fingerprint density at radius 3 is 2.33 bits per heavy atom. The van der Waals surface area contributed by atoms with Crippen molar-refractivity contribution < 1.29 is 4.79 Å². The van der Waals surface area contributed by atoms with E-state index in [0.29, 0.717) is 11.8 Å². The average molecular weight is 211 g/mol. The van der Waals surface area contributed by atoms with Crippen molar-refractivity contribution in [3.63, 3.8) is 0 Å². The summed E-state index contributed by atoms with van der Waals surface area (Å²) in [5, 5.41) is 0. The molecule has 1 fully saturated rings. The first-order chi connectivity index (χ1) is 7.27. The molecule has 0 spiro atoms. The fraction of sp³-hybridized carbons (Fsp3) is 0.923. The molecule has 0 aromatic carbocycles. The van der Waals surface area contributed by atoms with Crippen molar-refractivity contribution in [3.05, 3.63) is 0 Å². The molecule has 0 N–H and O–H groups in total. The van der Waals surface area contributed by atoms with Crippen LogP contribution in [0.1, 0.15) is 58.8 Å². The third-order valence-corrected chi connectivity index (χ3v) is 3.34. The highest BCUT2D eigenvalue weighted by atomic mass is 16.1. The second-order valence-electron chi connectivity index (χ2n) is 4.66. The smallest absolute Gasteiger partial charge is 0.133 e. The van der Waals surface area contributed by atoms with Crippen molar-refractivity contribution in [2.45, 2.75) is 64.8 Å². The second-order valence-corrected chi connectivity index (χ2v) is 4.66. The van der Waals surface area contributed by atoms with Gasteiger partial charge in [0.25, 0.3) is 0 Å². The molecule has 1 aliphatic carbocycles. The van der Waals surface area contributed by atoms with E-state index in [1.165, 1.54) is 32.4 Å². The molecule has 88 valence electrons. The normalized spacial score (nSPS) is 18.7. The number of unbranched alkanes of at least 4 members (excludes halogenated alkanes) is 1. The first-order valence-corrected chi connectivity index (χ1v) is 6.53. The summed E-state index contributed by atoms with van der Waals surface area (Å²) in [6.07, 6.45) is 7.63. The van der Waals surface area contributed by atoms with Gasteiger partial charge in [0.1, 0.15) is 5.78 Å². The Morgan fingerprint density at radius 1 is 1.13 bits per heavy atom. The van der Waals surface area contributed by atoms with Crippen LogP contribution in [0.3, 0.4) is 0 Å². The Bertz CT molecular complexity index is 181. The minimum Gasteiger partial charge on any atom is -0.300 e. The van der Waals surface area contributed by atoms with Gasteiger partial charge in [0.15, 0.2) is 0 Å². The van der Waals surface area contributed by atoms with Crippen LogP contribution in [-0.2, 0) is 4.79 Å². The highest BCUT2D eigenvalue weighted by Crippen LogP contribution is 2.21. The highest BCUT2D eigenvalue weighted by molar-refractivity contribution is 5.79. The third-order valence-electron chi connectivity index (χ3n) is 3.34. The van der Waals surface area contributed by atoms with Crippen LogP contribution >= 0.6 is 0 Å². The molecule has 15 heavy (non-hydrogen) atoms. The summed E-state index contributed by atoms with van der Waals surface area (Å²) < 4.78 is 0. The van der Waals surface area contributed by atoms with Crippen LogP contribution in [0.15, 0.2) is 0 Å². The zero-order chi connectivity index (χ0) is 11.1. The molecule has 0 aromatic heterocycles. The molecule has 2 heteroatoms. The summed E-state index contributed by atoms with van der Waals surface area (Å²) in [5.74, 6) is 0.471. The maximum atomic E-state index is 11.2. The maximum absolute atomic E-state index is 11.2. The molecule has 0 amide bonds. The van der Waals surface area contributed by atoms with Crippen molar-refractivity contribution in [2.75, 3.05) is 13.1 Å². The Morgan fingerprint density at radius 2 is 1.80 bits per heavy atom. The largest absolute Gasteiger partial charge is 0.300 e. The number of hydrogen-bond acceptors (Lipinski definition) is 2. The lowest BCUT2D eigenvalue weighted by Gasteiger charge is -2.33. The zero-order valence-electron chi connectivity index (χ0n) is 10.3. The first kappa shape index (κ1) is 12.7. The van der Waals surface area contributed by atoms with E-state index in [0.717, 1.165) is 25.7 Å². The van der Waals surface area contributed by atoms with Crippen LogP contribution in [-0.4, -0.2) is 29.8 Å². The maximum Gasteiger partial charge on any atom is 0.133 e. The second kappa shape index (κ2) is 7.00. The number of rotatable bonds is 6. The fourth-order valence-electron chi connectivity index (χ4n) is 2.42. The van der Waals surface area contributed by atoms with Gasteiger partial charge in [-0.2, -0.15) is 0 Å². The van der Waals surface area contributed by atoms with E-state index in [2.05, 4.69) is 18.7 Å². The highest BCUT2D eigenvalue weighted by Gasteiger charge is 2.23. The lowest BCUT2D eigenvalue weighted by Crippen LogP contribution is -2.39. The Hall–Kier alpha value is -0.370. The zero-order valence-corrected chi connectivity index (χ0v) is 10.3. The fourth-order valence-corrected chi connectivity index (χ4v) is 2.42. The summed E-state index contributed by atoms with van der Waals surface area (Å²) in [7, 11) is 0. The van der Waals surface area contributed by atoms with Crippen LogP contribution in [0, 0.1) is 0 Å². The van der Waals surface area contributed by atoms with Crippen molar-refractivity contribution in [2.24, 2.45) is 0 Å². The first-order valence-electron chi connectivity index (χ1n) is 6.53. The molecule has 0 bridgehead atoms. The number of nitrogens with zero attached hydrogens (tertiary/aromatic N) is 1. The Kier molecular flexibility index (Phi) is 5.92. The molecule has 0 radical (unpaired) electrons. The molecule has 0 aliphatic heterocycles. The number of carbonyl (C=O) groups is 1. The van der Waals surface area contributed by atoms with E-state index >= 15 is 0 Å². The van der Waals surface area contributed by atoms with Gasteiger partial charge in [0.05, 0.1) is 0 Å². The van der Waals surface area contributed by atoms with E-state index in [-0.39, 0.29) is 0 Å². The minimum absolute atomic E-state index is 0.471.